The molecular weight excluding hydrogens is 276 g/mol. The molecule has 6 heteroatoms. The van der Waals surface area contributed by atoms with E-state index in [0.717, 1.165) is 11.8 Å². The fourth-order valence-electron chi connectivity index (χ4n) is 1.63. The zero-order valence-electron chi connectivity index (χ0n) is 12.3. The van der Waals surface area contributed by atoms with Gasteiger partial charge in [0, 0.05) is 44.9 Å². The van der Waals surface area contributed by atoms with Crippen LogP contribution in [0.3, 0.4) is 0 Å². The average molecular weight is 294 g/mol. The van der Waals surface area contributed by atoms with Crippen LogP contribution in [0.25, 0.3) is 0 Å². The summed E-state index contributed by atoms with van der Waals surface area (Å²) in [5.74, 6) is -0.484. The minimum absolute atomic E-state index is 0.175. The van der Waals surface area contributed by atoms with Gasteiger partial charge in [-0.15, -0.1) is 0 Å². The van der Waals surface area contributed by atoms with Crippen molar-refractivity contribution in [3.8, 4) is 0 Å². The van der Waals surface area contributed by atoms with E-state index in [9.17, 15) is 14.4 Å². The second kappa shape index (κ2) is 6.56. The third-order valence-electron chi connectivity index (χ3n) is 2.66. The highest BCUT2D eigenvalue weighted by molar-refractivity contribution is 8.13. The predicted molar refractivity (Wildman–Crippen MR) is 80.3 cm³/mol. The number of carbonyl (C=O) groups is 3. The Morgan fingerprint density at radius 1 is 0.800 bits per heavy atom. The number of carbonyl (C=O) groups excluding carboxylic acids is 3. The highest BCUT2D eigenvalue weighted by atomic mass is 32.2. The van der Waals surface area contributed by atoms with Gasteiger partial charge >= 0.3 is 0 Å². The van der Waals surface area contributed by atoms with Crippen molar-refractivity contribution in [2.75, 3.05) is 34.4 Å². The van der Waals surface area contributed by atoms with Gasteiger partial charge in [-0.2, -0.15) is 0 Å². The molecule has 1 aromatic carbocycles. The Labute approximate surface area is 122 Å². The van der Waals surface area contributed by atoms with Crippen molar-refractivity contribution in [1.82, 2.24) is 9.80 Å². The van der Waals surface area contributed by atoms with Gasteiger partial charge in [0.15, 0.2) is 0 Å². The summed E-state index contributed by atoms with van der Waals surface area (Å²) in [6.45, 7) is 0. The number of amides is 2. The molecule has 1 aromatic rings. The Kier molecular flexibility index (Phi) is 5.33. The highest BCUT2D eigenvalue weighted by Gasteiger charge is 2.17. The number of thioether (sulfide) groups is 1. The Bertz CT molecular complexity index is 515. The number of benzene rings is 1. The fraction of sp³-hybridized carbons (Fsp3) is 0.357. The third-order valence-corrected chi connectivity index (χ3v) is 3.27. The van der Waals surface area contributed by atoms with Crippen molar-refractivity contribution >= 4 is 28.7 Å². The first-order valence-corrected chi connectivity index (χ1v) is 7.17. The van der Waals surface area contributed by atoms with Crippen molar-refractivity contribution < 1.29 is 14.4 Å². The molecule has 2 amide bonds. The van der Waals surface area contributed by atoms with E-state index in [1.165, 1.54) is 28.0 Å². The third kappa shape index (κ3) is 3.60. The minimum Gasteiger partial charge on any atom is -0.345 e. The van der Waals surface area contributed by atoms with Gasteiger partial charge < -0.3 is 9.80 Å². The molecule has 20 heavy (non-hydrogen) atoms. The Balaban J connectivity index is 3.39. The van der Waals surface area contributed by atoms with Crippen LogP contribution in [0, 0.1) is 0 Å². The van der Waals surface area contributed by atoms with Crippen molar-refractivity contribution in [2.45, 2.75) is 0 Å². The van der Waals surface area contributed by atoms with E-state index in [-0.39, 0.29) is 16.9 Å². The maximum absolute atomic E-state index is 12.0. The maximum atomic E-state index is 12.0. The lowest BCUT2D eigenvalue weighted by Crippen LogP contribution is -2.25. The molecule has 0 saturated carbocycles. The molecule has 5 nitrogen and oxygen atoms in total. The summed E-state index contributed by atoms with van der Waals surface area (Å²) in [5, 5.41) is -0.175. The highest BCUT2D eigenvalue weighted by Crippen LogP contribution is 2.17. The first-order chi connectivity index (χ1) is 9.27. The Morgan fingerprint density at radius 2 is 1.15 bits per heavy atom. The molecule has 0 atom stereocenters. The molecule has 0 radical (unpaired) electrons. The summed E-state index contributed by atoms with van der Waals surface area (Å²) in [6, 6.07) is 4.56. The van der Waals surface area contributed by atoms with Gasteiger partial charge in [-0.25, -0.2) is 0 Å². The van der Waals surface area contributed by atoms with Gasteiger partial charge in [0.2, 0.25) is 5.12 Å². The molecule has 0 saturated heterocycles. The fourth-order valence-corrected chi connectivity index (χ4v) is 1.98. The van der Waals surface area contributed by atoms with Crippen molar-refractivity contribution in [1.29, 1.82) is 0 Å². The van der Waals surface area contributed by atoms with Crippen molar-refractivity contribution in [3.05, 3.63) is 34.9 Å². The molecule has 0 bridgehead atoms. The summed E-state index contributed by atoms with van der Waals surface area (Å²) >= 11 is 1.05. The normalized spacial score (nSPS) is 10.1. The van der Waals surface area contributed by atoms with Crippen LogP contribution >= 0.6 is 11.8 Å². The molecule has 1 rings (SSSR count). The molecule has 0 spiro atoms. The zero-order valence-corrected chi connectivity index (χ0v) is 13.1. The number of hydrogen-bond donors (Lipinski definition) is 0. The van der Waals surface area contributed by atoms with Gasteiger partial charge in [-0.1, -0.05) is 11.8 Å². The van der Waals surface area contributed by atoms with Gasteiger partial charge in [0.05, 0.1) is 0 Å². The van der Waals surface area contributed by atoms with E-state index in [4.69, 9.17) is 0 Å². The molecule has 0 N–H and O–H groups in total. The number of rotatable bonds is 3. The van der Waals surface area contributed by atoms with Crippen molar-refractivity contribution in [3.63, 3.8) is 0 Å². The van der Waals surface area contributed by atoms with Gasteiger partial charge in [0.1, 0.15) is 0 Å². The average Bonchev–Trinajstić information content (AvgIpc) is 2.43. The largest absolute Gasteiger partial charge is 0.345 e. The summed E-state index contributed by atoms with van der Waals surface area (Å²) in [4.78, 5) is 38.7. The first kappa shape index (κ1) is 16.2. The second-order valence-corrected chi connectivity index (χ2v) is 5.47. The summed E-state index contributed by atoms with van der Waals surface area (Å²) in [6.07, 6.45) is 1.66. The quantitative estimate of drug-likeness (QED) is 0.849. The van der Waals surface area contributed by atoms with Crippen LogP contribution in [-0.2, 0) is 0 Å². The lowest BCUT2D eigenvalue weighted by molar-refractivity contribution is 0.0826. The van der Waals surface area contributed by atoms with E-state index < -0.39 is 0 Å². The van der Waals surface area contributed by atoms with Crippen LogP contribution in [0.5, 0.6) is 0 Å². The smallest absolute Gasteiger partial charge is 0.253 e. The van der Waals surface area contributed by atoms with E-state index in [0.29, 0.717) is 16.7 Å². The molecule has 0 aromatic heterocycles. The van der Waals surface area contributed by atoms with Crippen LogP contribution in [0.2, 0.25) is 0 Å². The maximum Gasteiger partial charge on any atom is 0.253 e. The molecule has 0 heterocycles. The number of nitrogens with zero attached hydrogens (tertiary/aromatic N) is 2. The zero-order chi connectivity index (χ0) is 15.4. The monoisotopic (exact) mass is 294 g/mol. The second-order valence-electron chi connectivity index (χ2n) is 4.69. The van der Waals surface area contributed by atoms with Gasteiger partial charge in [-0.05, 0) is 24.5 Å². The predicted octanol–water partition coefficient (Wildman–Crippen LogP) is 1.59. The first-order valence-electron chi connectivity index (χ1n) is 5.94. The van der Waals surface area contributed by atoms with E-state index in [2.05, 4.69) is 0 Å². The van der Waals surface area contributed by atoms with Crippen LogP contribution in [-0.4, -0.2) is 61.2 Å². The van der Waals surface area contributed by atoms with Crippen molar-refractivity contribution in [2.24, 2.45) is 0 Å². The van der Waals surface area contributed by atoms with E-state index in [1.807, 2.05) is 0 Å². The molecule has 0 aliphatic heterocycles. The van der Waals surface area contributed by atoms with Crippen LogP contribution in [0.1, 0.15) is 31.1 Å². The molecule has 0 aliphatic carbocycles. The number of hydrogen-bond acceptors (Lipinski definition) is 4. The minimum atomic E-state index is -0.242. The standard InChI is InChI=1S/C14H18N2O3S/c1-15(2)12(17)9-6-10(13(18)16(3)4)8-11(7-9)14(19)20-5/h6-8H,1-5H3. The van der Waals surface area contributed by atoms with E-state index >= 15 is 0 Å². The summed E-state index contributed by atoms with van der Waals surface area (Å²) in [7, 11) is 6.50. The molecule has 108 valence electrons. The van der Waals surface area contributed by atoms with Crippen LogP contribution in [0.4, 0.5) is 0 Å². The van der Waals surface area contributed by atoms with Gasteiger partial charge in [-0.3, -0.25) is 14.4 Å². The molecular formula is C14H18N2O3S. The molecule has 0 fully saturated rings. The lowest BCUT2D eigenvalue weighted by Gasteiger charge is -2.15. The topological polar surface area (TPSA) is 57.7 Å². The van der Waals surface area contributed by atoms with Crippen LogP contribution in [0.15, 0.2) is 18.2 Å². The molecule has 0 unspecified atom stereocenters. The van der Waals surface area contributed by atoms with Gasteiger partial charge in [0.25, 0.3) is 11.8 Å². The summed E-state index contributed by atoms with van der Waals surface area (Å²) < 4.78 is 0. The van der Waals surface area contributed by atoms with E-state index in [1.54, 1.807) is 34.4 Å². The summed E-state index contributed by atoms with van der Waals surface area (Å²) in [5.41, 5.74) is 1.02. The van der Waals surface area contributed by atoms with Crippen LogP contribution < -0.4 is 0 Å². The SMILES string of the molecule is CSC(=O)c1cc(C(=O)N(C)C)cc(C(=O)N(C)C)c1. The molecule has 0 aliphatic rings. The Hall–Kier alpha value is -1.82. The lowest BCUT2D eigenvalue weighted by atomic mass is 10.0. The Morgan fingerprint density at radius 3 is 1.45 bits per heavy atom.